The van der Waals surface area contributed by atoms with Gasteiger partial charge in [0.05, 0.1) is 11.5 Å². The number of ether oxygens (including phenoxy) is 1. The first-order valence-electron chi connectivity index (χ1n) is 8.69. The minimum atomic E-state index is -3.53. The normalized spacial score (nSPS) is 15.9. The SMILES string of the molecule is CCOc1ccc(S(=O)(=O)N2CCC(C(=O)NCCCN)CC2)cc1.Cl. The van der Waals surface area contributed by atoms with Crippen LogP contribution in [0.4, 0.5) is 0 Å². The first-order valence-corrected chi connectivity index (χ1v) is 10.1. The Kier molecular flexibility index (Phi) is 9.35. The Morgan fingerprint density at radius 1 is 1.27 bits per heavy atom. The zero-order chi connectivity index (χ0) is 18.3. The van der Waals surface area contributed by atoms with Crippen LogP contribution in [-0.2, 0) is 14.8 Å². The van der Waals surface area contributed by atoms with E-state index >= 15 is 0 Å². The fourth-order valence-electron chi connectivity index (χ4n) is 2.84. The molecule has 3 N–H and O–H groups in total. The first-order chi connectivity index (χ1) is 12.0. The number of nitrogens with one attached hydrogen (secondary N) is 1. The van der Waals surface area contributed by atoms with Crippen molar-refractivity contribution >= 4 is 28.3 Å². The van der Waals surface area contributed by atoms with E-state index < -0.39 is 10.0 Å². The number of benzene rings is 1. The lowest BCUT2D eigenvalue weighted by atomic mass is 9.97. The van der Waals surface area contributed by atoms with Crippen molar-refractivity contribution < 1.29 is 17.9 Å². The Labute approximate surface area is 161 Å². The monoisotopic (exact) mass is 405 g/mol. The Balaban J connectivity index is 0.00000338. The van der Waals surface area contributed by atoms with Crippen LogP contribution in [0.2, 0.25) is 0 Å². The van der Waals surface area contributed by atoms with Crippen molar-refractivity contribution in [2.45, 2.75) is 31.1 Å². The van der Waals surface area contributed by atoms with Crippen LogP contribution in [0.15, 0.2) is 29.2 Å². The summed E-state index contributed by atoms with van der Waals surface area (Å²) in [6.45, 7) is 4.22. The second-order valence-corrected chi connectivity index (χ2v) is 7.95. The summed E-state index contributed by atoms with van der Waals surface area (Å²) in [5.74, 6) is 0.505. The van der Waals surface area contributed by atoms with Crippen LogP contribution in [0.3, 0.4) is 0 Å². The molecule has 0 atom stereocenters. The van der Waals surface area contributed by atoms with Crippen molar-refractivity contribution in [1.82, 2.24) is 9.62 Å². The van der Waals surface area contributed by atoms with Gasteiger partial charge in [-0.25, -0.2) is 8.42 Å². The molecule has 9 heteroatoms. The molecule has 0 saturated carbocycles. The standard InChI is InChI=1S/C17H27N3O4S.ClH/c1-2-24-15-4-6-16(7-5-15)25(22,23)20-12-8-14(9-13-20)17(21)19-11-3-10-18;/h4-7,14H,2-3,8-13,18H2,1H3,(H,19,21);1H. The van der Waals surface area contributed by atoms with Crippen LogP contribution < -0.4 is 15.8 Å². The third kappa shape index (κ3) is 5.84. The molecular weight excluding hydrogens is 378 g/mol. The van der Waals surface area contributed by atoms with Crippen molar-refractivity contribution in [3.05, 3.63) is 24.3 Å². The topological polar surface area (TPSA) is 102 Å². The Morgan fingerprint density at radius 3 is 2.42 bits per heavy atom. The minimum Gasteiger partial charge on any atom is -0.494 e. The van der Waals surface area contributed by atoms with E-state index in [-0.39, 0.29) is 29.1 Å². The van der Waals surface area contributed by atoms with Crippen molar-refractivity contribution in [2.24, 2.45) is 11.7 Å². The van der Waals surface area contributed by atoms with Crippen LogP contribution in [0.5, 0.6) is 5.75 Å². The maximum absolute atomic E-state index is 12.7. The highest BCUT2D eigenvalue weighted by molar-refractivity contribution is 7.89. The molecule has 148 valence electrons. The van der Waals surface area contributed by atoms with Gasteiger partial charge in [0.1, 0.15) is 5.75 Å². The highest BCUT2D eigenvalue weighted by Gasteiger charge is 2.31. The highest BCUT2D eigenvalue weighted by Crippen LogP contribution is 2.25. The summed E-state index contributed by atoms with van der Waals surface area (Å²) in [6.07, 6.45) is 1.81. The molecular formula is C17H28ClN3O4S. The summed E-state index contributed by atoms with van der Waals surface area (Å²) in [7, 11) is -3.53. The van der Waals surface area contributed by atoms with Crippen molar-refractivity contribution in [3.63, 3.8) is 0 Å². The lowest BCUT2D eigenvalue weighted by Gasteiger charge is -2.30. The molecule has 1 heterocycles. The van der Waals surface area contributed by atoms with Gasteiger partial charge in [-0.2, -0.15) is 4.31 Å². The molecule has 26 heavy (non-hydrogen) atoms. The van der Waals surface area contributed by atoms with Gasteiger partial charge in [-0.15, -0.1) is 12.4 Å². The third-order valence-corrected chi connectivity index (χ3v) is 6.19. The molecule has 1 fully saturated rings. The van der Waals surface area contributed by atoms with Crippen LogP contribution in [0.1, 0.15) is 26.2 Å². The van der Waals surface area contributed by atoms with Gasteiger partial charge in [0.25, 0.3) is 0 Å². The van der Waals surface area contributed by atoms with Crippen LogP contribution >= 0.6 is 12.4 Å². The largest absolute Gasteiger partial charge is 0.494 e. The molecule has 0 aromatic heterocycles. The zero-order valence-electron chi connectivity index (χ0n) is 15.0. The van der Waals surface area contributed by atoms with Crippen LogP contribution in [0, 0.1) is 5.92 Å². The zero-order valence-corrected chi connectivity index (χ0v) is 16.7. The smallest absolute Gasteiger partial charge is 0.243 e. The summed E-state index contributed by atoms with van der Waals surface area (Å²) in [4.78, 5) is 12.3. The van der Waals surface area contributed by atoms with Gasteiger partial charge in [0.2, 0.25) is 15.9 Å². The molecule has 0 spiro atoms. The predicted molar refractivity (Wildman–Crippen MR) is 103 cm³/mol. The van der Waals surface area contributed by atoms with Crippen LogP contribution in [0.25, 0.3) is 0 Å². The molecule has 1 aliphatic heterocycles. The first kappa shape index (κ1) is 22.7. The van der Waals surface area contributed by atoms with E-state index in [0.717, 1.165) is 6.42 Å². The third-order valence-electron chi connectivity index (χ3n) is 4.28. The molecule has 1 aromatic carbocycles. The molecule has 0 bridgehead atoms. The van der Waals surface area contributed by atoms with E-state index in [0.29, 0.717) is 51.4 Å². The Hall–Kier alpha value is -1.35. The van der Waals surface area contributed by atoms with E-state index in [9.17, 15) is 13.2 Å². The summed E-state index contributed by atoms with van der Waals surface area (Å²) in [5.41, 5.74) is 5.41. The predicted octanol–water partition coefficient (Wildman–Crippen LogP) is 1.37. The summed E-state index contributed by atoms with van der Waals surface area (Å²) in [5, 5.41) is 2.86. The van der Waals surface area contributed by atoms with Gasteiger partial charge >= 0.3 is 0 Å². The lowest BCUT2D eigenvalue weighted by molar-refractivity contribution is -0.126. The molecule has 1 amide bonds. The number of carbonyl (C=O) groups excluding carboxylic acids is 1. The van der Waals surface area contributed by atoms with E-state index in [1.165, 1.54) is 4.31 Å². The van der Waals surface area contributed by atoms with Crippen molar-refractivity contribution in [2.75, 3.05) is 32.8 Å². The number of carbonyl (C=O) groups is 1. The average molecular weight is 406 g/mol. The van der Waals surface area contributed by atoms with Crippen molar-refractivity contribution in [1.29, 1.82) is 0 Å². The van der Waals surface area contributed by atoms with Crippen molar-refractivity contribution in [3.8, 4) is 5.75 Å². The number of halogens is 1. The molecule has 0 aliphatic carbocycles. The quantitative estimate of drug-likeness (QED) is 0.636. The second-order valence-electron chi connectivity index (χ2n) is 6.02. The van der Waals surface area contributed by atoms with E-state index in [1.807, 2.05) is 6.92 Å². The maximum Gasteiger partial charge on any atom is 0.243 e. The molecule has 7 nitrogen and oxygen atoms in total. The summed E-state index contributed by atoms with van der Waals surface area (Å²) >= 11 is 0. The van der Waals surface area contributed by atoms with Gasteiger partial charge in [-0.3, -0.25) is 4.79 Å². The number of hydrogen-bond acceptors (Lipinski definition) is 5. The number of rotatable bonds is 8. The molecule has 1 saturated heterocycles. The van der Waals surface area contributed by atoms with Gasteiger partial charge in [0, 0.05) is 25.6 Å². The summed E-state index contributed by atoms with van der Waals surface area (Å²) < 4.78 is 32.2. The second kappa shape index (κ2) is 10.7. The fraction of sp³-hybridized carbons (Fsp3) is 0.588. The Morgan fingerprint density at radius 2 is 1.88 bits per heavy atom. The van der Waals surface area contributed by atoms with E-state index in [4.69, 9.17) is 10.5 Å². The number of hydrogen-bond donors (Lipinski definition) is 2. The number of piperidine rings is 1. The number of nitrogens with two attached hydrogens (primary N) is 1. The molecule has 2 rings (SSSR count). The van der Waals surface area contributed by atoms with Gasteiger partial charge in [-0.05, 0) is 57.0 Å². The highest BCUT2D eigenvalue weighted by atomic mass is 35.5. The van der Waals surface area contributed by atoms with Crippen LogP contribution in [-0.4, -0.2) is 51.4 Å². The van der Waals surface area contributed by atoms with E-state index in [1.54, 1.807) is 24.3 Å². The fourth-order valence-corrected chi connectivity index (χ4v) is 4.31. The molecule has 1 aliphatic rings. The number of sulfonamides is 1. The Bertz CT molecular complexity index is 659. The maximum atomic E-state index is 12.7. The average Bonchev–Trinajstić information content (AvgIpc) is 2.63. The van der Waals surface area contributed by atoms with Gasteiger partial charge in [-0.1, -0.05) is 0 Å². The van der Waals surface area contributed by atoms with Gasteiger partial charge in [0.15, 0.2) is 0 Å². The number of amides is 1. The van der Waals surface area contributed by atoms with Gasteiger partial charge < -0.3 is 15.8 Å². The molecule has 1 aromatic rings. The molecule has 0 radical (unpaired) electrons. The minimum absolute atomic E-state index is 0. The lowest BCUT2D eigenvalue weighted by Crippen LogP contribution is -2.43. The van der Waals surface area contributed by atoms with E-state index in [2.05, 4.69) is 5.32 Å². The number of nitrogens with zero attached hydrogens (tertiary/aromatic N) is 1. The molecule has 0 unspecified atom stereocenters. The summed E-state index contributed by atoms with van der Waals surface area (Å²) in [6, 6.07) is 6.44.